The van der Waals surface area contributed by atoms with Gasteiger partial charge in [0.25, 0.3) is 0 Å². The van der Waals surface area contributed by atoms with Crippen LogP contribution >= 0.6 is 11.8 Å². The van der Waals surface area contributed by atoms with E-state index in [1.54, 1.807) is 18.0 Å². The largest absolute Gasteiger partial charge is 0.453 e. The molecule has 3 heterocycles. The standard InChI is InChI=1S/C20H18N4OS/c1-14-13-26-20(23-14)24-19-18(25-17-7-3-2-4-8-17)10-16(12-22-19)15-6-5-9-21-11-15/h2-13,20,23H,1H3,(H,22,24). The molecule has 5 nitrogen and oxygen atoms in total. The van der Waals surface area contributed by atoms with E-state index in [0.29, 0.717) is 11.6 Å². The molecule has 2 N–H and O–H groups in total. The summed E-state index contributed by atoms with van der Waals surface area (Å²) in [7, 11) is 0. The Bertz CT molecular complexity index is 916. The van der Waals surface area contributed by atoms with Crippen molar-refractivity contribution in [2.75, 3.05) is 5.32 Å². The van der Waals surface area contributed by atoms with Gasteiger partial charge in [0, 0.05) is 35.4 Å². The van der Waals surface area contributed by atoms with E-state index in [2.05, 4.69) is 26.0 Å². The second kappa shape index (κ2) is 7.49. The van der Waals surface area contributed by atoms with Gasteiger partial charge in [0.15, 0.2) is 17.1 Å². The van der Waals surface area contributed by atoms with E-state index >= 15 is 0 Å². The van der Waals surface area contributed by atoms with E-state index in [9.17, 15) is 0 Å². The Balaban J connectivity index is 1.65. The maximum Gasteiger partial charge on any atom is 0.171 e. The molecule has 0 spiro atoms. The van der Waals surface area contributed by atoms with Crippen LogP contribution in [-0.4, -0.2) is 15.5 Å². The van der Waals surface area contributed by atoms with E-state index in [-0.39, 0.29) is 5.50 Å². The smallest absolute Gasteiger partial charge is 0.171 e. The molecule has 0 amide bonds. The molecule has 0 radical (unpaired) electrons. The summed E-state index contributed by atoms with van der Waals surface area (Å²) in [6.45, 7) is 2.04. The summed E-state index contributed by atoms with van der Waals surface area (Å²) in [6.07, 6.45) is 5.40. The van der Waals surface area contributed by atoms with Crippen molar-refractivity contribution < 1.29 is 4.74 Å². The number of rotatable bonds is 5. The van der Waals surface area contributed by atoms with Crippen LogP contribution in [-0.2, 0) is 0 Å². The van der Waals surface area contributed by atoms with Gasteiger partial charge in [0.05, 0.1) is 0 Å². The fourth-order valence-corrected chi connectivity index (χ4v) is 3.42. The van der Waals surface area contributed by atoms with Gasteiger partial charge in [-0.15, -0.1) is 0 Å². The number of thioether (sulfide) groups is 1. The molecule has 4 rings (SSSR count). The molecule has 2 aromatic heterocycles. The molecule has 0 bridgehead atoms. The van der Waals surface area contributed by atoms with Gasteiger partial charge in [0.2, 0.25) is 0 Å². The highest BCUT2D eigenvalue weighted by molar-refractivity contribution is 8.03. The van der Waals surface area contributed by atoms with Gasteiger partial charge < -0.3 is 15.4 Å². The molecule has 130 valence electrons. The Labute approximate surface area is 156 Å². The number of para-hydroxylation sites is 1. The zero-order valence-electron chi connectivity index (χ0n) is 14.2. The quantitative estimate of drug-likeness (QED) is 0.678. The van der Waals surface area contributed by atoms with Crippen LogP contribution in [0.15, 0.2) is 78.2 Å². The topological polar surface area (TPSA) is 59.1 Å². The van der Waals surface area contributed by atoms with Crippen LogP contribution in [0, 0.1) is 0 Å². The first kappa shape index (κ1) is 16.5. The van der Waals surface area contributed by atoms with Gasteiger partial charge >= 0.3 is 0 Å². The van der Waals surface area contributed by atoms with Crippen molar-refractivity contribution in [2.24, 2.45) is 0 Å². The van der Waals surface area contributed by atoms with E-state index < -0.39 is 0 Å². The van der Waals surface area contributed by atoms with Gasteiger partial charge in [0.1, 0.15) is 5.75 Å². The van der Waals surface area contributed by atoms with Crippen molar-refractivity contribution in [1.29, 1.82) is 0 Å². The summed E-state index contributed by atoms with van der Waals surface area (Å²) in [5.41, 5.74) is 3.11. The van der Waals surface area contributed by atoms with Crippen LogP contribution in [0.5, 0.6) is 11.5 Å². The van der Waals surface area contributed by atoms with Crippen molar-refractivity contribution >= 4 is 17.6 Å². The Hall–Kier alpha value is -2.99. The molecule has 26 heavy (non-hydrogen) atoms. The lowest BCUT2D eigenvalue weighted by atomic mass is 10.1. The van der Waals surface area contributed by atoms with Crippen molar-refractivity contribution in [3.8, 4) is 22.6 Å². The molecule has 1 unspecified atom stereocenters. The molecule has 0 saturated carbocycles. The third-order valence-corrected chi connectivity index (χ3v) is 4.82. The van der Waals surface area contributed by atoms with Crippen LogP contribution in [0.25, 0.3) is 11.1 Å². The van der Waals surface area contributed by atoms with Gasteiger partial charge in [-0.1, -0.05) is 36.0 Å². The van der Waals surface area contributed by atoms with E-state index in [0.717, 1.165) is 22.6 Å². The minimum Gasteiger partial charge on any atom is -0.453 e. The van der Waals surface area contributed by atoms with Gasteiger partial charge in [-0.25, -0.2) is 4.98 Å². The highest BCUT2D eigenvalue weighted by Gasteiger charge is 2.17. The molecule has 1 atom stereocenters. The SMILES string of the molecule is CC1=CSC(Nc2ncc(-c3cccnc3)cc2Oc2ccccc2)N1. The molecule has 0 aliphatic carbocycles. The molecule has 0 fully saturated rings. The van der Waals surface area contributed by atoms with Crippen LogP contribution in [0.3, 0.4) is 0 Å². The highest BCUT2D eigenvalue weighted by atomic mass is 32.2. The Morgan fingerprint density at radius 2 is 1.96 bits per heavy atom. The number of ether oxygens (including phenoxy) is 1. The summed E-state index contributed by atoms with van der Waals surface area (Å²) in [5, 5.41) is 8.82. The van der Waals surface area contributed by atoms with Crippen LogP contribution in [0.4, 0.5) is 5.82 Å². The van der Waals surface area contributed by atoms with Crippen molar-refractivity contribution in [3.63, 3.8) is 0 Å². The number of aromatic nitrogens is 2. The van der Waals surface area contributed by atoms with Crippen LogP contribution in [0.2, 0.25) is 0 Å². The second-order valence-electron chi connectivity index (χ2n) is 5.83. The van der Waals surface area contributed by atoms with Crippen LogP contribution in [0.1, 0.15) is 6.92 Å². The predicted octanol–water partition coefficient (Wildman–Crippen LogP) is 4.83. The van der Waals surface area contributed by atoms with Crippen molar-refractivity contribution in [1.82, 2.24) is 15.3 Å². The lowest BCUT2D eigenvalue weighted by molar-refractivity contribution is 0.482. The van der Waals surface area contributed by atoms with Crippen molar-refractivity contribution in [3.05, 3.63) is 78.2 Å². The highest BCUT2D eigenvalue weighted by Crippen LogP contribution is 2.34. The normalized spacial score (nSPS) is 15.9. The first-order chi connectivity index (χ1) is 12.8. The summed E-state index contributed by atoms with van der Waals surface area (Å²) < 4.78 is 6.11. The Kier molecular flexibility index (Phi) is 4.75. The van der Waals surface area contributed by atoms with Crippen molar-refractivity contribution in [2.45, 2.75) is 12.4 Å². The van der Waals surface area contributed by atoms with E-state index in [4.69, 9.17) is 4.74 Å². The molecule has 1 aliphatic heterocycles. The number of benzene rings is 1. The number of nitrogens with one attached hydrogen (secondary N) is 2. The van der Waals surface area contributed by atoms with Gasteiger partial charge in [-0.3, -0.25) is 4.98 Å². The lowest BCUT2D eigenvalue weighted by Crippen LogP contribution is -2.28. The lowest BCUT2D eigenvalue weighted by Gasteiger charge is -2.18. The number of hydrogen-bond donors (Lipinski definition) is 2. The van der Waals surface area contributed by atoms with E-state index in [1.807, 2.05) is 67.8 Å². The zero-order valence-corrected chi connectivity index (χ0v) is 15.0. The summed E-state index contributed by atoms with van der Waals surface area (Å²) in [6, 6.07) is 15.6. The number of nitrogens with zero attached hydrogens (tertiary/aromatic N) is 2. The molecule has 1 aromatic carbocycles. The summed E-state index contributed by atoms with van der Waals surface area (Å²) in [5.74, 6) is 2.13. The number of anilines is 1. The minimum absolute atomic E-state index is 0.0323. The number of allylic oxidation sites excluding steroid dienone is 1. The molecular formula is C20H18N4OS. The fourth-order valence-electron chi connectivity index (χ4n) is 2.58. The molecule has 1 aliphatic rings. The molecular weight excluding hydrogens is 344 g/mol. The monoisotopic (exact) mass is 362 g/mol. The average Bonchev–Trinajstić information content (AvgIpc) is 3.09. The number of pyridine rings is 2. The third-order valence-electron chi connectivity index (χ3n) is 3.83. The Morgan fingerprint density at radius 1 is 1.08 bits per heavy atom. The maximum absolute atomic E-state index is 6.11. The molecule has 3 aromatic rings. The first-order valence-corrected chi connectivity index (χ1v) is 9.21. The number of hydrogen-bond acceptors (Lipinski definition) is 6. The average molecular weight is 362 g/mol. The molecule has 0 saturated heterocycles. The predicted molar refractivity (Wildman–Crippen MR) is 106 cm³/mol. The molecule has 6 heteroatoms. The first-order valence-electron chi connectivity index (χ1n) is 8.26. The summed E-state index contributed by atoms with van der Waals surface area (Å²) in [4.78, 5) is 8.78. The maximum atomic E-state index is 6.11. The Morgan fingerprint density at radius 3 is 2.69 bits per heavy atom. The summed E-state index contributed by atoms with van der Waals surface area (Å²) >= 11 is 1.67. The minimum atomic E-state index is 0.0323. The third kappa shape index (κ3) is 3.81. The fraction of sp³-hybridized carbons (Fsp3) is 0.100. The van der Waals surface area contributed by atoms with Crippen LogP contribution < -0.4 is 15.4 Å². The van der Waals surface area contributed by atoms with Gasteiger partial charge in [-0.05, 0) is 36.6 Å². The van der Waals surface area contributed by atoms with E-state index in [1.165, 1.54) is 0 Å². The zero-order chi connectivity index (χ0) is 17.8. The second-order valence-corrected chi connectivity index (χ2v) is 6.81. The van der Waals surface area contributed by atoms with Gasteiger partial charge in [-0.2, -0.15) is 0 Å².